The van der Waals surface area contributed by atoms with E-state index in [9.17, 15) is 13.2 Å². The molecule has 0 spiro atoms. The molecule has 0 aliphatic heterocycles. The van der Waals surface area contributed by atoms with Crippen molar-refractivity contribution in [3.05, 3.63) is 54.4 Å². The molecular formula is C15H15F3N2O. The van der Waals surface area contributed by atoms with Crippen LogP contribution in [0.2, 0.25) is 0 Å². The second-order valence-corrected chi connectivity index (χ2v) is 4.56. The minimum Gasteiger partial charge on any atom is -0.486 e. The predicted molar refractivity (Wildman–Crippen MR) is 73.5 cm³/mol. The van der Waals surface area contributed by atoms with Crippen LogP contribution in [-0.2, 0) is 6.18 Å². The second kappa shape index (κ2) is 6.03. The highest BCUT2D eigenvalue weighted by Crippen LogP contribution is 2.30. The van der Waals surface area contributed by atoms with Gasteiger partial charge in [0.05, 0.1) is 23.6 Å². The molecule has 0 fully saturated rings. The smallest absolute Gasteiger partial charge is 0.416 e. The molecule has 0 bridgehead atoms. The Morgan fingerprint density at radius 1 is 1.38 bits per heavy atom. The molecule has 0 aliphatic rings. The fourth-order valence-corrected chi connectivity index (χ4v) is 1.63. The number of hydrogen-bond donors (Lipinski definition) is 0. The first-order valence-corrected chi connectivity index (χ1v) is 6.42. The molecule has 3 nitrogen and oxygen atoms in total. The predicted octanol–water partition coefficient (Wildman–Crippen LogP) is 4.24. The van der Waals surface area contributed by atoms with Gasteiger partial charge in [-0.2, -0.15) is 18.3 Å². The Balaban J connectivity index is 2.16. The molecule has 1 aromatic carbocycles. The topological polar surface area (TPSA) is 27.1 Å². The van der Waals surface area contributed by atoms with E-state index < -0.39 is 11.7 Å². The summed E-state index contributed by atoms with van der Waals surface area (Å²) in [7, 11) is 0. The summed E-state index contributed by atoms with van der Waals surface area (Å²) in [6.45, 7) is 6.15. The van der Waals surface area contributed by atoms with Crippen molar-refractivity contribution in [1.82, 2.24) is 9.78 Å². The summed E-state index contributed by atoms with van der Waals surface area (Å²) in [6.07, 6.45) is -0.565. The van der Waals surface area contributed by atoms with E-state index in [1.54, 1.807) is 12.3 Å². The maximum atomic E-state index is 12.7. The largest absolute Gasteiger partial charge is 0.486 e. The van der Waals surface area contributed by atoms with Gasteiger partial charge in [0.2, 0.25) is 0 Å². The van der Waals surface area contributed by atoms with Crippen LogP contribution in [0, 0.1) is 0 Å². The molecule has 112 valence electrons. The number of hydrogen-bond acceptors (Lipinski definition) is 2. The van der Waals surface area contributed by atoms with Crippen molar-refractivity contribution < 1.29 is 17.9 Å². The van der Waals surface area contributed by atoms with E-state index in [0.29, 0.717) is 18.0 Å². The van der Waals surface area contributed by atoms with Crippen LogP contribution < -0.4 is 4.74 Å². The van der Waals surface area contributed by atoms with Crippen molar-refractivity contribution in [3.63, 3.8) is 0 Å². The lowest BCUT2D eigenvalue weighted by Gasteiger charge is -2.08. The van der Waals surface area contributed by atoms with Gasteiger partial charge in [0.25, 0.3) is 0 Å². The molecule has 0 N–H and O–H groups in total. The van der Waals surface area contributed by atoms with Crippen LogP contribution >= 0.6 is 0 Å². The molecule has 1 aromatic heterocycles. The molecular weight excluding hydrogens is 281 g/mol. The van der Waals surface area contributed by atoms with Crippen LogP contribution in [0.15, 0.2) is 48.8 Å². The molecule has 21 heavy (non-hydrogen) atoms. The molecule has 0 amide bonds. The molecule has 0 radical (unpaired) electrons. The Morgan fingerprint density at radius 2 is 2.14 bits per heavy atom. The number of ether oxygens (including phenoxy) is 1. The molecule has 2 rings (SSSR count). The maximum absolute atomic E-state index is 12.7. The van der Waals surface area contributed by atoms with Gasteiger partial charge in [0.1, 0.15) is 6.61 Å². The van der Waals surface area contributed by atoms with Crippen LogP contribution in [0.25, 0.3) is 5.69 Å². The van der Waals surface area contributed by atoms with E-state index in [0.717, 1.165) is 24.1 Å². The van der Waals surface area contributed by atoms with Crippen LogP contribution in [0.3, 0.4) is 0 Å². The number of aromatic nitrogens is 2. The number of alkyl halides is 3. The molecule has 0 unspecified atom stereocenters. The van der Waals surface area contributed by atoms with Gasteiger partial charge < -0.3 is 4.74 Å². The quantitative estimate of drug-likeness (QED) is 0.772. The summed E-state index contributed by atoms with van der Waals surface area (Å²) in [5.41, 5.74) is 0.549. The van der Waals surface area contributed by atoms with E-state index >= 15 is 0 Å². The second-order valence-electron chi connectivity index (χ2n) is 4.56. The standard InChI is InChI=1S/C15H15F3N2O/c1-3-11(2)10-21-14-8-19-20(9-14)13-6-4-5-12(7-13)15(16,17)18/h4-9H,2-3,10H2,1H3. The van der Waals surface area contributed by atoms with E-state index in [-0.39, 0.29) is 0 Å². The number of rotatable bonds is 5. The minimum atomic E-state index is -4.37. The zero-order valence-electron chi connectivity index (χ0n) is 11.5. The Kier molecular flexibility index (Phi) is 4.35. The third-order valence-corrected chi connectivity index (χ3v) is 2.94. The minimum absolute atomic E-state index is 0.328. The Labute approximate surface area is 120 Å². The molecule has 0 saturated carbocycles. The van der Waals surface area contributed by atoms with Gasteiger partial charge in [-0.1, -0.05) is 19.6 Å². The SMILES string of the molecule is C=C(CC)COc1cnn(-c2cccc(C(F)(F)F)c2)c1. The number of nitrogens with zero attached hydrogens (tertiary/aromatic N) is 2. The molecule has 0 saturated heterocycles. The highest BCUT2D eigenvalue weighted by molar-refractivity contribution is 5.37. The summed E-state index contributed by atoms with van der Waals surface area (Å²) < 4.78 is 44.8. The lowest BCUT2D eigenvalue weighted by Crippen LogP contribution is -2.06. The van der Waals surface area contributed by atoms with E-state index in [4.69, 9.17) is 4.74 Å². The first-order valence-electron chi connectivity index (χ1n) is 6.42. The van der Waals surface area contributed by atoms with Gasteiger partial charge in [-0.3, -0.25) is 0 Å². The van der Waals surface area contributed by atoms with Crippen molar-refractivity contribution in [1.29, 1.82) is 0 Å². The van der Waals surface area contributed by atoms with E-state index in [2.05, 4.69) is 11.7 Å². The third-order valence-electron chi connectivity index (χ3n) is 2.94. The summed E-state index contributed by atoms with van der Waals surface area (Å²) in [5, 5.41) is 4.01. The van der Waals surface area contributed by atoms with Crippen molar-refractivity contribution in [2.45, 2.75) is 19.5 Å². The average molecular weight is 296 g/mol. The van der Waals surface area contributed by atoms with E-state index in [1.807, 2.05) is 6.92 Å². The van der Waals surface area contributed by atoms with Gasteiger partial charge in [-0.25, -0.2) is 4.68 Å². The summed E-state index contributed by atoms with van der Waals surface area (Å²) in [5.74, 6) is 0.488. The van der Waals surface area contributed by atoms with Crippen LogP contribution in [0.1, 0.15) is 18.9 Å². The van der Waals surface area contributed by atoms with Crippen molar-refractivity contribution in [3.8, 4) is 11.4 Å². The fourth-order valence-electron chi connectivity index (χ4n) is 1.63. The first kappa shape index (κ1) is 15.2. The van der Waals surface area contributed by atoms with Crippen molar-refractivity contribution in [2.24, 2.45) is 0 Å². The lowest BCUT2D eigenvalue weighted by molar-refractivity contribution is -0.137. The molecule has 0 aliphatic carbocycles. The molecule has 0 atom stereocenters. The first-order chi connectivity index (χ1) is 9.90. The molecule has 6 heteroatoms. The highest BCUT2D eigenvalue weighted by Gasteiger charge is 2.30. The maximum Gasteiger partial charge on any atom is 0.416 e. The van der Waals surface area contributed by atoms with E-state index in [1.165, 1.54) is 16.9 Å². The zero-order chi connectivity index (χ0) is 15.5. The summed E-state index contributed by atoms with van der Waals surface area (Å²) in [4.78, 5) is 0. The fraction of sp³-hybridized carbons (Fsp3) is 0.267. The Morgan fingerprint density at radius 3 is 2.81 bits per heavy atom. The molecule has 1 heterocycles. The summed E-state index contributed by atoms with van der Waals surface area (Å²) >= 11 is 0. The van der Waals surface area contributed by atoms with Crippen molar-refractivity contribution >= 4 is 0 Å². The Hall–Kier alpha value is -2.24. The third kappa shape index (κ3) is 3.87. The highest BCUT2D eigenvalue weighted by atomic mass is 19.4. The number of halogens is 3. The van der Waals surface area contributed by atoms with Gasteiger partial charge in [-0.15, -0.1) is 0 Å². The number of benzene rings is 1. The van der Waals surface area contributed by atoms with Gasteiger partial charge in [0, 0.05) is 0 Å². The van der Waals surface area contributed by atoms with Crippen molar-refractivity contribution in [2.75, 3.05) is 6.61 Å². The Bertz CT molecular complexity index is 632. The average Bonchev–Trinajstić information content (AvgIpc) is 2.93. The molecule has 2 aromatic rings. The van der Waals surface area contributed by atoms with Crippen LogP contribution in [-0.4, -0.2) is 16.4 Å². The summed E-state index contributed by atoms with van der Waals surface area (Å²) in [6, 6.07) is 4.97. The van der Waals surface area contributed by atoms with Crippen LogP contribution in [0.4, 0.5) is 13.2 Å². The van der Waals surface area contributed by atoms with Crippen LogP contribution in [0.5, 0.6) is 5.75 Å². The van der Waals surface area contributed by atoms with Gasteiger partial charge >= 0.3 is 6.18 Å². The normalized spacial score (nSPS) is 11.4. The zero-order valence-corrected chi connectivity index (χ0v) is 11.5. The monoisotopic (exact) mass is 296 g/mol. The van der Waals surface area contributed by atoms with Gasteiger partial charge in [0.15, 0.2) is 5.75 Å². The van der Waals surface area contributed by atoms with Gasteiger partial charge in [-0.05, 0) is 30.2 Å². The lowest BCUT2D eigenvalue weighted by atomic mass is 10.2.